The van der Waals surface area contributed by atoms with Gasteiger partial charge in [-0.15, -0.1) is 0 Å². The summed E-state index contributed by atoms with van der Waals surface area (Å²) in [5.74, 6) is 0.0939. The lowest BCUT2D eigenvalue weighted by atomic mass is 10.1. The summed E-state index contributed by atoms with van der Waals surface area (Å²) >= 11 is 0. The maximum absolute atomic E-state index is 12.2. The number of nitrogens with zero attached hydrogens (tertiary/aromatic N) is 2. The molecule has 1 aromatic rings. The van der Waals surface area contributed by atoms with Crippen molar-refractivity contribution in [2.45, 2.75) is 25.9 Å². The van der Waals surface area contributed by atoms with E-state index in [1.165, 1.54) is 12.8 Å². The normalized spacial score (nSPS) is 20.8. The predicted molar refractivity (Wildman–Crippen MR) is 94.7 cm³/mol. The second-order valence-corrected chi connectivity index (χ2v) is 7.51. The van der Waals surface area contributed by atoms with Crippen LogP contribution in [-0.4, -0.2) is 67.1 Å². The fourth-order valence-corrected chi connectivity index (χ4v) is 3.34. The maximum Gasteiger partial charge on any atom is 0.224 e. The number of carbonyl (C=O) groups excluding carboxylic acids is 1. The zero-order valence-electron chi connectivity index (χ0n) is 14.6. The summed E-state index contributed by atoms with van der Waals surface area (Å²) in [6.07, 6.45) is 2.87. The van der Waals surface area contributed by atoms with Crippen LogP contribution in [0.3, 0.4) is 0 Å². The highest BCUT2D eigenvalue weighted by Crippen LogP contribution is 2.45. The number of hydrogen-bond acceptors (Lipinski definition) is 4. The first kappa shape index (κ1) is 17.4. The molecule has 1 aliphatic carbocycles. The summed E-state index contributed by atoms with van der Waals surface area (Å²) in [6.45, 7) is 6.53. The highest BCUT2D eigenvalue weighted by molar-refractivity contribution is 5.78. The van der Waals surface area contributed by atoms with Crippen molar-refractivity contribution in [1.82, 2.24) is 15.1 Å². The zero-order valence-corrected chi connectivity index (χ0v) is 14.6. The predicted octanol–water partition coefficient (Wildman–Crippen LogP) is 0.865. The second-order valence-electron chi connectivity index (χ2n) is 7.51. The molecule has 1 amide bonds. The Hall–Kier alpha value is -1.43. The number of rotatable bonds is 7. The van der Waals surface area contributed by atoms with E-state index in [1.54, 1.807) is 0 Å². The van der Waals surface area contributed by atoms with Gasteiger partial charge in [0.05, 0.1) is 13.0 Å². The van der Waals surface area contributed by atoms with E-state index in [1.807, 2.05) is 24.3 Å². The van der Waals surface area contributed by atoms with Crippen molar-refractivity contribution in [3.8, 4) is 0 Å². The van der Waals surface area contributed by atoms with E-state index in [0.29, 0.717) is 11.8 Å². The fourth-order valence-electron chi connectivity index (χ4n) is 3.34. The third-order valence-corrected chi connectivity index (χ3v) is 5.34. The van der Waals surface area contributed by atoms with Crippen LogP contribution in [0.5, 0.6) is 0 Å². The molecule has 3 rings (SSSR count). The molecule has 1 saturated carbocycles. The lowest BCUT2D eigenvalue weighted by molar-refractivity contribution is -0.120. The van der Waals surface area contributed by atoms with Crippen LogP contribution in [0.1, 0.15) is 24.0 Å². The minimum atomic E-state index is 0.0429. The van der Waals surface area contributed by atoms with Crippen LogP contribution in [0.25, 0.3) is 0 Å². The third kappa shape index (κ3) is 4.79. The fraction of sp³-hybridized carbons (Fsp3) is 0.632. The number of aliphatic hydroxyl groups excluding tert-OH is 1. The van der Waals surface area contributed by atoms with Crippen molar-refractivity contribution in [2.75, 3.05) is 46.3 Å². The molecule has 132 valence electrons. The molecule has 1 saturated heterocycles. The van der Waals surface area contributed by atoms with Crippen molar-refractivity contribution in [3.63, 3.8) is 0 Å². The summed E-state index contributed by atoms with van der Waals surface area (Å²) < 4.78 is 0. The van der Waals surface area contributed by atoms with Crippen LogP contribution in [0.4, 0.5) is 0 Å². The minimum Gasteiger partial charge on any atom is -0.392 e. The van der Waals surface area contributed by atoms with Gasteiger partial charge >= 0.3 is 0 Å². The summed E-state index contributed by atoms with van der Waals surface area (Å²) in [7, 11) is 2.18. The van der Waals surface area contributed by atoms with E-state index < -0.39 is 0 Å². The zero-order chi connectivity index (χ0) is 17.0. The molecule has 5 heteroatoms. The van der Waals surface area contributed by atoms with Crippen LogP contribution in [0.15, 0.2) is 24.3 Å². The Kier molecular flexibility index (Phi) is 5.54. The second kappa shape index (κ2) is 7.64. The minimum absolute atomic E-state index is 0.0429. The number of aliphatic hydroxyl groups is 1. The van der Waals surface area contributed by atoms with Gasteiger partial charge in [-0.3, -0.25) is 4.79 Å². The average molecular weight is 331 g/mol. The Labute approximate surface area is 144 Å². The molecule has 2 fully saturated rings. The quantitative estimate of drug-likeness (QED) is 0.778. The number of amides is 1. The van der Waals surface area contributed by atoms with Gasteiger partial charge in [0.25, 0.3) is 0 Å². The molecule has 0 spiro atoms. The van der Waals surface area contributed by atoms with E-state index in [9.17, 15) is 4.79 Å². The van der Waals surface area contributed by atoms with E-state index >= 15 is 0 Å². The SMILES string of the molecule is CN1CCN(CC2(CNC(=O)Cc3ccc(CO)cc3)CC2)CC1. The first-order valence-electron chi connectivity index (χ1n) is 8.95. The van der Waals surface area contributed by atoms with E-state index in [0.717, 1.165) is 50.4 Å². The van der Waals surface area contributed by atoms with E-state index in [2.05, 4.69) is 22.2 Å². The monoisotopic (exact) mass is 331 g/mol. The number of benzene rings is 1. The summed E-state index contributed by atoms with van der Waals surface area (Å²) in [5.41, 5.74) is 2.18. The summed E-state index contributed by atoms with van der Waals surface area (Å²) in [6, 6.07) is 7.58. The highest BCUT2D eigenvalue weighted by atomic mass is 16.3. The Morgan fingerprint density at radius 1 is 1.12 bits per heavy atom. The first-order chi connectivity index (χ1) is 11.6. The molecule has 2 aliphatic rings. The standard InChI is InChI=1S/C19H29N3O2/c1-21-8-10-22(11-9-21)15-19(6-7-19)14-20-18(24)12-16-2-4-17(13-23)5-3-16/h2-5,23H,6-15H2,1H3,(H,20,24). The first-order valence-corrected chi connectivity index (χ1v) is 8.95. The van der Waals surface area contributed by atoms with Gasteiger partial charge in [-0.2, -0.15) is 0 Å². The molecule has 5 nitrogen and oxygen atoms in total. The summed E-state index contributed by atoms with van der Waals surface area (Å²) in [5, 5.41) is 12.2. The van der Waals surface area contributed by atoms with E-state index in [-0.39, 0.29) is 12.5 Å². The van der Waals surface area contributed by atoms with Gasteiger partial charge in [0.1, 0.15) is 0 Å². The molecule has 0 atom stereocenters. The number of carbonyl (C=O) groups is 1. The molecule has 2 N–H and O–H groups in total. The lowest BCUT2D eigenvalue weighted by Gasteiger charge is -2.34. The van der Waals surface area contributed by atoms with Crippen LogP contribution in [-0.2, 0) is 17.8 Å². The van der Waals surface area contributed by atoms with Gasteiger partial charge in [0.2, 0.25) is 5.91 Å². The number of hydrogen-bond donors (Lipinski definition) is 2. The molecular weight excluding hydrogens is 302 g/mol. The maximum atomic E-state index is 12.2. The van der Waals surface area contributed by atoms with Gasteiger partial charge in [0, 0.05) is 44.7 Å². The molecule has 0 bridgehead atoms. The average Bonchev–Trinajstić information content (AvgIpc) is 3.36. The molecule has 1 heterocycles. The van der Waals surface area contributed by atoms with Gasteiger partial charge in [-0.25, -0.2) is 0 Å². The van der Waals surface area contributed by atoms with Crippen molar-refractivity contribution >= 4 is 5.91 Å². The van der Waals surface area contributed by atoms with Crippen LogP contribution in [0, 0.1) is 5.41 Å². The lowest BCUT2D eigenvalue weighted by Crippen LogP contribution is -2.48. The Morgan fingerprint density at radius 2 is 1.75 bits per heavy atom. The van der Waals surface area contributed by atoms with Gasteiger partial charge in [0.15, 0.2) is 0 Å². The van der Waals surface area contributed by atoms with Crippen LogP contribution in [0.2, 0.25) is 0 Å². The molecule has 0 aromatic heterocycles. The van der Waals surface area contributed by atoms with Crippen molar-refractivity contribution in [3.05, 3.63) is 35.4 Å². The number of nitrogens with one attached hydrogen (secondary N) is 1. The van der Waals surface area contributed by atoms with Crippen LogP contribution >= 0.6 is 0 Å². The molecular formula is C19H29N3O2. The molecule has 0 radical (unpaired) electrons. The smallest absolute Gasteiger partial charge is 0.224 e. The number of likely N-dealkylation sites (N-methyl/N-ethyl adjacent to an activating group) is 1. The molecule has 24 heavy (non-hydrogen) atoms. The summed E-state index contributed by atoms with van der Waals surface area (Å²) in [4.78, 5) is 17.1. The molecule has 1 aliphatic heterocycles. The highest BCUT2D eigenvalue weighted by Gasteiger charge is 2.44. The van der Waals surface area contributed by atoms with Crippen molar-refractivity contribution < 1.29 is 9.90 Å². The van der Waals surface area contributed by atoms with Gasteiger partial charge < -0.3 is 20.2 Å². The van der Waals surface area contributed by atoms with E-state index in [4.69, 9.17) is 5.11 Å². The Balaban J connectivity index is 1.42. The van der Waals surface area contributed by atoms with Crippen molar-refractivity contribution in [1.29, 1.82) is 0 Å². The van der Waals surface area contributed by atoms with Gasteiger partial charge in [-0.1, -0.05) is 24.3 Å². The topological polar surface area (TPSA) is 55.8 Å². The molecule has 1 aromatic carbocycles. The Bertz CT molecular complexity index is 546. The van der Waals surface area contributed by atoms with Crippen molar-refractivity contribution in [2.24, 2.45) is 5.41 Å². The largest absolute Gasteiger partial charge is 0.392 e. The van der Waals surface area contributed by atoms with Crippen LogP contribution < -0.4 is 5.32 Å². The third-order valence-electron chi connectivity index (χ3n) is 5.34. The Morgan fingerprint density at radius 3 is 2.33 bits per heavy atom. The van der Waals surface area contributed by atoms with Gasteiger partial charge in [-0.05, 0) is 31.0 Å². The molecule has 0 unspecified atom stereocenters. The number of piperazine rings is 1.